The Kier molecular flexibility index (Phi) is 7.19. The average molecular weight is 256 g/mol. The van der Waals surface area contributed by atoms with Gasteiger partial charge >= 0.3 is 5.97 Å². The molecule has 0 amide bonds. The summed E-state index contributed by atoms with van der Waals surface area (Å²) in [7, 11) is 0. The first-order valence-electron chi connectivity index (χ1n) is 6.82. The molecular weight excluding hydrogens is 228 g/mol. The highest BCUT2D eigenvalue weighted by Gasteiger charge is 2.22. The molecule has 0 spiro atoms. The van der Waals surface area contributed by atoms with Gasteiger partial charge in [0.2, 0.25) is 0 Å². The van der Waals surface area contributed by atoms with Crippen LogP contribution in [0.25, 0.3) is 0 Å². The lowest BCUT2D eigenvalue weighted by Gasteiger charge is -2.18. The minimum absolute atomic E-state index is 0.136. The second-order valence-corrected chi connectivity index (χ2v) is 6.38. The van der Waals surface area contributed by atoms with Gasteiger partial charge in [-0.1, -0.05) is 13.8 Å². The molecule has 0 aliphatic rings. The molecule has 3 nitrogen and oxygen atoms in total. The molecule has 0 bridgehead atoms. The van der Waals surface area contributed by atoms with E-state index in [0.717, 1.165) is 19.3 Å². The van der Waals surface area contributed by atoms with Gasteiger partial charge in [0, 0.05) is 5.92 Å². The summed E-state index contributed by atoms with van der Waals surface area (Å²) in [5, 5.41) is 0. The van der Waals surface area contributed by atoms with E-state index in [1.54, 1.807) is 6.92 Å². The van der Waals surface area contributed by atoms with Gasteiger partial charge in [-0.2, -0.15) is 0 Å². The third kappa shape index (κ3) is 7.46. The van der Waals surface area contributed by atoms with Crippen molar-refractivity contribution in [1.29, 1.82) is 0 Å². The van der Waals surface area contributed by atoms with Gasteiger partial charge in [-0.25, -0.2) is 0 Å². The van der Waals surface area contributed by atoms with Crippen molar-refractivity contribution in [3.8, 4) is 0 Å². The minimum atomic E-state index is -0.422. The van der Waals surface area contributed by atoms with Crippen LogP contribution in [0, 0.1) is 17.3 Å². The summed E-state index contributed by atoms with van der Waals surface area (Å²) in [6.07, 6.45) is 2.78. The number of hydrogen-bond donors (Lipinski definition) is 0. The maximum absolute atomic E-state index is 11.5. The Hall–Kier alpha value is -0.860. The van der Waals surface area contributed by atoms with Gasteiger partial charge in [-0.05, 0) is 52.9 Å². The third-order valence-electron chi connectivity index (χ3n) is 3.14. The summed E-state index contributed by atoms with van der Waals surface area (Å²) in [4.78, 5) is 22.6. The largest absolute Gasteiger partial charge is 0.465 e. The van der Waals surface area contributed by atoms with Crippen LogP contribution < -0.4 is 0 Å². The van der Waals surface area contributed by atoms with Gasteiger partial charge in [0.25, 0.3) is 0 Å². The number of ether oxygens (including phenoxy) is 1. The molecule has 0 aromatic carbocycles. The molecule has 3 heteroatoms. The summed E-state index contributed by atoms with van der Waals surface area (Å²) in [6.45, 7) is 11.8. The molecule has 0 N–H and O–H groups in total. The van der Waals surface area contributed by atoms with Crippen molar-refractivity contribution in [2.45, 2.75) is 60.8 Å². The van der Waals surface area contributed by atoms with Crippen molar-refractivity contribution in [1.82, 2.24) is 0 Å². The summed E-state index contributed by atoms with van der Waals surface area (Å²) in [5.74, 6) is 0.739. The Balaban J connectivity index is 3.73. The summed E-state index contributed by atoms with van der Waals surface area (Å²) in [5.41, 5.74) is -0.422. The van der Waals surface area contributed by atoms with Gasteiger partial charge in [0.05, 0.1) is 12.0 Å². The van der Waals surface area contributed by atoms with E-state index in [0.29, 0.717) is 12.5 Å². The highest BCUT2D eigenvalue weighted by atomic mass is 16.5. The molecule has 0 aliphatic carbocycles. The van der Waals surface area contributed by atoms with Gasteiger partial charge in [0.1, 0.15) is 5.78 Å². The van der Waals surface area contributed by atoms with E-state index in [-0.39, 0.29) is 17.7 Å². The molecule has 0 aliphatic heterocycles. The van der Waals surface area contributed by atoms with E-state index in [9.17, 15) is 9.59 Å². The first kappa shape index (κ1) is 17.1. The molecule has 18 heavy (non-hydrogen) atoms. The van der Waals surface area contributed by atoms with Crippen LogP contribution >= 0.6 is 0 Å². The summed E-state index contributed by atoms with van der Waals surface area (Å²) < 4.78 is 5.20. The third-order valence-corrected chi connectivity index (χ3v) is 3.14. The Morgan fingerprint density at radius 1 is 1.17 bits per heavy atom. The van der Waals surface area contributed by atoms with Crippen LogP contribution in [-0.2, 0) is 14.3 Å². The number of rotatable bonds is 7. The molecule has 1 unspecified atom stereocenters. The molecule has 0 aromatic rings. The predicted octanol–water partition coefficient (Wildman–Crippen LogP) is 3.61. The maximum Gasteiger partial charge on any atom is 0.311 e. The van der Waals surface area contributed by atoms with Crippen LogP contribution in [0.3, 0.4) is 0 Å². The quantitative estimate of drug-likeness (QED) is 0.516. The fourth-order valence-corrected chi connectivity index (χ4v) is 1.70. The standard InChI is InChI=1S/C15H28O3/c1-11(10-12(2)13(3)16)8-7-9-18-14(17)15(4,5)6/h11-12H,7-10H2,1-6H3/t11-,12?/m1/s1. The zero-order chi connectivity index (χ0) is 14.3. The molecule has 0 saturated heterocycles. The lowest BCUT2D eigenvalue weighted by molar-refractivity contribution is -0.153. The zero-order valence-electron chi connectivity index (χ0n) is 12.7. The van der Waals surface area contributed by atoms with Gasteiger partial charge in [-0.3, -0.25) is 9.59 Å². The van der Waals surface area contributed by atoms with Gasteiger partial charge in [0.15, 0.2) is 0 Å². The fraction of sp³-hybridized carbons (Fsp3) is 0.867. The van der Waals surface area contributed by atoms with Gasteiger partial charge < -0.3 is 4.74 Å². The first-order chi connectivity index (χ1) is 8.14. The molecule has 0 aromatic heterocycles. The molecule has 2 atom stereocenters. The van der Waals surface area contributed by atoms with Crippen molar-refractivity contribution in [3.63, 3.8) is 0 Å². The van der Waals surface area contributed by atoms with E-state index in [1.165, 1.54) is 0 Å². The fourth-order valence-electron chi connectivity index (χ4n) is 1.70. The SMILES string of the molecule is CC(=O)C(C)C[C@H](C)CCCOC(=O)C(C)(C)C. The number of Topliss-reactive ketones (excluding diaryl/α,β-unsaturated/α-hetero) is 1. The van der Waals surface area contributed by atoms with Crippen molar-refractivity contribution >= 4 is 11.8 Å². The average Bonchev–Trinajstić information content (AvgIpc) is 2.22. The Morgan fingerprint density at radius 2 is 1.72 bits per heavy atom. The van der Waals surface area contributed by atoms with Crippen LogP contribution in [0.4, 0.5) is 0 Å². The smallest absolute Gasteiger partial charge is 0.311 e. The molecule has 0 fully saturated rings. The number of ketones is 1. The highest BCUT2D eigenvalue weighted by Crippen LogP contribution is 2.19. The second kappa shape index (κ2) is 7.55. The van der Waals surface area contributed by atoms with Crippen LogP contribution in [0.1, 0.15) is 60.8 Å². The van der Waals surface area contributed by atoms with E-state index >= 15 is 0 Å². The molecular formula is C15H28O3. The molecule has 0 heterocycles. The lowest BCUT2D eigenvalue weighted by atomic mass is 9.91. The lowest BCUT2D eigenvalue weighted by Crippen LogP contribution is -2.23. The normalized spacial score (nSPS) is 15.0. The van der Waals surface area contributed by atoms with Crippen molar-refractivity contribution in [2.24, 2.45) is 17.3 Å². The number of carbonyl (C=O) groups is 2. The summed E-state index contributed by atoms with van der Waals surface area (Å²) in [6, 6.07) is 0. The van der Waals surface area contributed by atoms with Crippen LogP contribution in [0.5, 0.6) is 0 Å². The Labute approximate surface area is 111 Å². The minimum Gasteiger partial charge on any atom is -0.465 e. The molecule has 0 saturated carbocycles. The number of esters is 1. The van der Waals surface area contributed by atoms with E-state index in [2.05, 4.69) is 6.92 Å². The Bertz CT molecular complexity index is 276. The van der Waals surface area contributed by atoms with E-state index < -0.39 is 5.41 Å². The number of hydrogen-bond acceptors (Lipinski definition) is 3. The zero-order valence-corrected chi connectivity index (χ0v) is 12.7. The van der Waals surface area contributed by atoms with Crippen molar-refractivity contribution in [3.05, 3.63) is 0 Å². The molecule has 0 rings (SSSR count). The van der Waals surface area contributed by atoms with E-state index in [4.69, 9.17) is 4.74 Å². The summed E-state index contributed by atoms with van der Waals surface area (Å²) >= 11 is 0. The molecule has 0 radical (unpaired) electrons. The van der Waals surface area contributed by atoms with Crippen LogP contribution in [-0.4, -0.2) is 18.4 Å². The van der Waals surface area contributed by atoms with Crippen LogP contribution in [0.2, 0.25) is 0 Å². The van der Waals surface area contributed by atoms with E-state index in [1.807, 2.05) is 27.7 Å². The van der Waals surface area contributed by atoms with Crippen molar-refractivity contribution < 1.29 is 14.3 Å². The monoisotopic (exact) mass is 256 g/mol. The second-order valence-electron chi connectivity index (χ2n) is 6.38. The maximum atomic E-state index is 11.5. The highest BCUT2D eigenvalue weighted by molar-refractivity contribution is 5.77. The predicted molar refractivity (Wildman–Crippen MR) is 73.3 cm³/mol. The number of carbonyl (C=O) groups excluding carboxylic acids is 2. The van der Waals surface area contributed by atoms with Gasteiger partial charge in [-0.15, -0.1) is 0 Å². The van der Waals surface area contributed by atoms with Crippen LogP contribution in [0.15, 0.2) is 0 Å². The Morgan fingerprint density at radius 3 is 2.17 bits per heavy atom. The first-order valence-corrected chi connectivity index (χ1v) is 6.82. The topological polar surface area (TPSA) is 43.4 Å². The molecule has 106 valence electrons. The van der Waals surface area contributed by atoms with Crippen molar-refractivity contribution in [2.75, 3.05) is 6.61 Å².